The van der Waals surface area contributed by atoms with Gasteiger partial charge in [0.1, 0.15) is 0 Å². The van der Waals surface area contributed by atoms with E-state index in [0.29, 0.717) is 11.6 Å². The fourth-order valence-corrected chi connectivity index (χ4v) is 3.90. The van der Waals surface area contributed by atoms with E-state index in [1.54, 1.807) is 0 Å². The van der Waals surface area contributed by atoms with Crippen LogP contribution in [0.2, 0.25) is 0 Å². The van der Waals surface area contributed by atoms with Crippen LogP contribution >= 0.6 is 0 Å². The smallest absolute Gasteiger partial charge is 0.274 e. The molecule has 1 aromatic heterocycles. The number of nitrogens with zero attached hydrogens (tertiary/aromatic N) is 2. The van der Waals surface area contributed by atoms with Crippen molar-refractivity contribution in [2.75, 3.05) is 13.7 Å². The van der Waals surface area contributed by atoms with Crippen molar-refractivity contribution in [3.8, 4) is 0 Å². The molecule has 0 saturated heterocycles. The lowest BCUT2D eigenvalue weighted by molar-refractivity contribution is -0.00703. The summed E-state index contributed by atoms with van der Waals surface area (Å²) in [5.41, 5.74) is 2.50. The minimum Gasteiger partial charge on any atom is -0.396 e. The molecule has 1 saturated carbocycles. The van der Waals surface area contributed by atoms with Gasteiger partial charge in [0, 0.05) is 31.7 Å². The van der Waals surface area contributed by atoms with Crippen molar-refractivity contribution in [1.82, 2.24) is 15.1 Å². The maximum Gasteiger partial charge on any atom is 0.274 e. The number of fused-ring (bicyclic) bond motifs is 1. The molecule has 128 valence electrons. The third-order valence-electron chi connectivity index (χ3n) is 5.38. The summed E-state index contributed by atoms with van der Waals surface area (Å²) in [4.78, 5) is 14.7. The number of carbonyl (C=O) groups is 1. The number of rotatable bonds is 3. The van der Waals surface area contributed by atoms with E-state index in [4.69, 9.17) is 4.74 Å². The quantitative estimate of drug-likeness (QED) is 0.893. The Balaban J connectivity index is 1.74. The first kappa shape index (κ1) is 16.5. The summed E-state index contributed by atoms with van der Waals surface area (Å²) in [6.07, 6.45) is 4.66. The Morgan fingerprint density at radius 3 is 2.70 bits per heavy atom. The van der Waals surface area contributed by atoms with Crippen LogP contribution in [0.15, 0.2) is 0 Å². The van der Waals surface area contributed by atoms with Crippen LogP contribution in [0.3, 0.4) is 0 Å². The molecule has 2 N–H and O–H groups in total. The number of aliphatic hydroxyl groups excluding tert-OH is 1. The molecule has 0 aromatic carbocycles. The van der Waals surface area contributed by atoms with Gasteiger partial charge in [-0.05, 0) is 45.4 Å². The first-order valence-corrected chi connectivity index (χ1v) is 8.61. The van der Waals surface area contributed by atoms with Crippen LogP contribution in [0.5, 0.6) is 0 Å². The van der Waals surface area contributed by atoms with Gasteiger partial charge < -0.3 is 14.7 Å². The molecule has 0 spiro atoms. The highest BCUT2D eigenvalue weighted by atomic mass is 16.5. The monoisotopic (exact) mass is 321 g/mol. The number of amides is 1. The van der Waals surface area contributed by atoms with E-state index in [1.807, 2.05) is 25.8 Å². The van der Waals surface area contributed by atoms with Crippen molar-refractivity contribution in [3.63, 3.8) is 0 Å². The van der Waals surface area contributed by atoms with Gasteiger partial charge in [-0.3, -0.25) is 9.89 Å². The summed E-state index contributed by atoms with van der Waals surface area (Å²) in [6, 6.07) is 0.243. The average molecular weight is 321 g/mol. The lowest BCUT2D eigenvalue weighted by Gasteiger charge is -2.34. The number of nitrogens with one attached hydrogen (secondary N) is 1. The first-order chi connectivity index (χ1) is 11.0. The Labute approximate surface area is 137 Å². The number of carbonyl (C=O) groups excluding carboxylic acids is 1. The Morgan fingerprint density at radius 1 is 1.35 bits per heavy atom. The zero-order valence-corrected chi connectivity index (χ0v) is 14.2. The molecule has 1 amide bonds. The van der Waals surface area contributed by atoms with E-state index < -0.39 is 0 Å². The second kappa shape index (κ2) is 6.61. The molecule has 0 unspecified atom stereocenters. The predicted molar refractivity (Wildman–Crippen MR) is 86.2 cm³/mol. The normalized spacial score (nSPS) is 30.8. The van der Waals surface area contributed by atoms with Crippen LogP contribution < -0.4 is 0 Å². The predicted octanol–water partition coefficient (Wildman–Crippen LogP) is 2.05. The summed E-state index contributed by atoms with van der Waals surface area (Å²) in [6.45, 7) is 4.27. The number of H-pyrrole nitrogens is 1. The standard InChI is InChI=1S/C17H27N3O3/c1-10-8-14-15(11(2)23-10)18-19-16(14)17(22)20(3)13-6-4-12(9-21)5-7-13/h10-13,21H,4-9H2,1-3H3,(H,18,19)/t10-,11+,12?,13?/m1/s1. The van der Waals surface area contributed by atoms with Crippen molar-refractivity contribution in [2.24, 2.45) is 5.92 Å². The first-order valence-electron chi connectivity index (χ1n) is 8.61. The molecule has 1 aliphatic heterocycles. The molecular formula is C17H27N3O3. The van der Waals surface area contributed by atoms with Crippen LogP contribution in [0.4, 0.5) is 0 Å². The van der Waals surface area contributed by atoms with Crippen molar-refractivity contribution in [2.45, 2.75) is 64.2 Å². The zero-order valence-electron chi connectivity index (χ0n) is 14.2. The molecule has 2 atom stereocenters. The summed E-state index contributed by atoms with van der Waals surface area (Å²) < 4.78 is 5.79. The van der Waals surface area contributed by atoms with E-state index >= 15 is 0 Å². The fraction of sp³-hybridized carbons (Fsp3) is 0.765. The fourth-order valence-electron chi connectivity index (χ4n) is 3.90. The van der Waals surface area contributed by atoms with Gasteiger partial charge >= 0.3 is 0 Å². The topological polar surface area (TPSA) is 78.5 Å². The zero-order chi connectivity index (χ0) is 16.6. The van der Waals surface area contributed by atoms with Crippen molar-refractivity contribution >= 4 is 5.91 Å². The Morgan fingerprint density at radius 2 is 2.04 bits per heavy atom. The number of hydrogen-bond donors (Lipinski definition) is 2. The van der Waals surface area contributed by atoms with Gasteiger partial charge in [0.05, 0.1) is 17.9 Å². The molecule has 23 heavy (non-hydrogen) atoms. The third kappa shape index (κ3) is 3.15. The highest BCUT2D eigenvalue weighted by Gasteiger charge is 2.33. The second-order valence-corrected chi connectivity index (χ2v) is 7.03. The second-order valence-electron chi connectivity index (χ2n) is 7.03. The molecular weight excluding hydrogens is 294 g/mol. The Kier molecular flexibility index (Phi) is 4.73. The van der Waals surface area contributed by atoms with E-state index in [-0.39, 0.29) is 30.8 Å². The third-order valence-corrected chi connectivity index (χ3v) is 5.38. The van der Waals surface area contributed by atoms with Crippen molar-refractivity contribution in [1.29, 1.82) is 0 Å². The molecule has 6 heteroatoms. The Bertz CT molecular complexity index is 563. The van der Waals surface area contributed by atoms with Crippen LogP contribution in [0.25, 0.3) is 0 Å². The molecule has 0 radical (unpaired) electrons. The molecule has 2 heterocycles. The minimum absolute atomic E-state index is 0.00347. The highest BCUT2D eigenvalue weighted by Crippen LogP contribution is 2.32. The van der Waals surface area contributed by atoms with Crippen molar-refractivity contribution < 1.29 is 14.6 Å². The van der Waals surface area contributed by atoms with Crippen LogP contribution in [0, 0.1) is 5.92 Å². The van der Waals surface area contributed by atoms with Gasteiger partial charge in [0.2, 0.25) is 0 Å². The Hall–Kier alpha value is -1.40. The summed E-state index contributed by atoms with van der Waals surface area (Å²) in [5.74, 6) is 0.392. The van der Waals surface area contributed by atoms with Gasteiger partial charge in [0.25, 0.3) is 5.91 Å². The summed E-state index contributed by atoms with van der Waals surface area (Å²) in [5, 5.41) is 16.5. The number of aromatic amines is 1. The molecule has 2 aliphatic rings. The SMILES string of the molecule is C[C@@H]1Cc2c(C(=O)N(C)C3CCC(CO)CC3)n[nH]c2[C@H](C)O1. The maximum atomic E-state index is 12.9. The van der Waals surface area contributed by atoms with Gasteiger partial charge in [0.15, 0.2) is 5.69 Å². The lowest BCUT2D eigenvalue weighted by Crippen LogP contribution is -2.40. The molecule has 1 aromatic rings. The minimum atomic E-state index is -0.0481. The molecule has 1 fully saturated rings. The van der Waals surface area contributed by atoms with Crippen molar-refractivity contribution in [3.05, 3.63) is 17.0 Å². The highest BCUT2D eigenvalue weighted by molar-refractivity contribution is 5.94. The number of ether oxygens (including phenoxy) is 1. The van der Waals surface area contributed by atoms with Gasteiger partial charge in [-0.15, -0.1) is 0 Å². The van der Waals surface area contributed by atoms with E-state index in [2.05, 4.69) is 10.2 Å². The molecule has 6 nitrogen and oxygen atoms in total. The van der Waals surface area contributed by atoms with E-state index in [1.165, 1.54) is 0 Å². The van der Waals surface area contributed by atoms with Gasteiger partial charge in [-0.1, -0.05) is 0 Å². The summed E-state index contributed by atoms with van der Waals surface area (Å²) in [7, 11) is 1.87. The van der Waals surface area contributed by atoms with Crippen LogP contribution in [-0.2, 0) is 11.2 Å². The van der Waals surface area contributed by atoms with Crippen LogP contribution in [0.1, 0.15) is 67.4 Å². The number of aromatic nitrogens is 2. The summed E-state index contributed by atoms with van der Waals surface area (Å²) >= 11 is 0. The van der Waals surface area contributed by atoms with E-state index in [0.717, 1.165) is 43.4 Å². The van der Waals surface area contributed by atoms with Gasteiger partial charge in [-0.25, -0.2) is 0 Å². The van der Waals surface area contributed by atoms with Crippen LogP contribution in [-0.4, -0.2) is 51.9 Å². The average Bonchev–Trinajstić information content (AvgIpc) is 2.97. The molecule has 3 rings (SSSR count). The maximum absolute atomic E-state index is 12.9. The lowest BCUT2D eigenvalue weighted by atomic mass is 9.86. The van der Waals surface area contributed by atoms with E-state index in [9.17, 15) is 9.90 Å². The number of hydrogen-bond acceptors (Lipinski definition) is 4. The molecule has 1 aliphatic carbocycles. The van der Waals surface area contributed by atoms with Gasteiger partial charge in [-0.2, -0.15) is 5.10 Å². The molecule has 0 bridgehead atoms. The largest absolute Gasteiger partial charge is 0.396 e. The number of aliphatic hydroxyl groups is 1.